The van der Waals surface area contributed by atoms with Crippen LogP contribution in [-0.2, 0) is 6.54 Å². The van der Waals surface area contributed by atoms with Crippen molar-refractivity contribution in [3.63, 3.8) is 0 Å². The quantitative estimate of drug-likeness (QED) is 0.532. The summed E-state index contributed by atoms with van der Waals surface area (Å²) >= 11 is 1.37. The highest BCUT2D eigenvalue weighted by atomic mass is 32.1. The maximum Gasteiger partial charge on any atom is 0.269 e. The first-order valence-electron chi connectivity index (χ1n) is 9.51. The van der Waals surface area contributed by atoms with Gasteiger partial charge in [0, 0.05) is 17.7 Å². The van der Waals surface area contributed by atoms with Crippen LogP contribution in [0.2, 0.25) is 0 Å². The van der Waals surface area contributed by atoms with Crippen LogP contribution in [0.3, 0.4) is 0 Å². The Labute approximate surface area is 182 Å². The summed E-state index contributed by atoms with van der Waals surface area (Å²) in [5.41, 5.74) is 6.32. The molecular weight excluding hydrogens is 418 g/mol. The molecule has 9 heteroatoms. The van der Waals surface area contributed by atoms with Crippen molar-refractivity contribution in [1.82, 2.24) is 16.2 Å². The molecule has 0 fully saturated rings. The lowest BCUT2D eigenvalue weighted by Gasteiger charge is -2.18. The summed E-state index contributed by atoms with van der Waals surface area (Å²) in [4.78, 5) is 37.2. The van der Waals surface area contributed by atoms with Crippen molar-refractivity contribution in [2.75, 3.05) is 13.2 Å². The predicted octanol–water partition coefficient (Wildman–Crippen LogP) is 2.52. The van der Waals surface area contributed by atoms with E-state index in [2.05, 4.69) is 16.2 Å². The number of fused-ring (bicyclic) bond motifs is 1. The number of carbonyl (C=O) groups is 3. The van der Waals surface area contributed by atoms with Gasteiger partial charge in [-0.3, -0.25) is 25.2 Å². The standard InChI is InChI=1S/C22H19N3O5S/c26-20(24-25-21(27)16-7-8-17-18(12-16)30-10-9-29-17)15-5-3-14(4-6-15)13-23-22(28)19-2-1-11-31-19/h1-8,11-12H,9-10,13H2,(H,23,28)(H,24,26)(H,25,27). The van der Waals surface area contributed by atoms with Crippen LogP contribution in [-0.4, -0.2) is 30.9 Å². The second-order valence-electron chi connectivity index (χ2n) is 6.62. The van der Waals surface area contributed by atoms with E-state index in [9.17, 15) is 14.4 Å². The molecule has 158 valence electrons. The number of carbonyl (C=O) groups excluding carboxylic acids is 3. The minimum atomic E-state index is -0.474. The molecule has 1 aliphatic rings. The number of amides is 3. The highest BCUT2D eigenvalue weighted by Gasteiger charge is 2.15. The van der Waals surface area contributed by atoms with Crippen LogP contribution in [0.1, 0.15) is 36.0 Å². The Kier molecular flexibility index (Phi) is 6.13. The first kappa shape index (κ1) is 20.4. The second-order valence-corrected chi connectivity index (χ2v) is 7.57. The van der Waals surface area contributed by atoms with E-state index in [0.29, 0.717) is 47.3 Å². The van der Waals surface area contributed by atoms with Crippen molar-refractivity contribution < 1.29 is 23.9 Å². The molecule has 0 bridgehead atoms. The Morgan fingerprint density at radius 3 is 2.19 bits per heavy atom. The largest absolute Gasteiger partial charge is 0.486 e. The molecule has 8 nitrogen and oxygen atoms in total. The zero-order valence-electron chi connectivity index (χ0n) is 16.3. The maximum atomic E-state index is 12.3. The fourth-order valence-electron chi connectivity index (χ4n) is 2.89. The van der Waals surface area contributed by atoms with Gasteiger partial charge >= 0.3 is 0 Å². The fraction of sp³-hybridized carbons (Fsp3) is 0.136. The molecule has 0 spiro atoms. The number of hydrogen-bond acceptors (Lipinski definition) is 6. The van der Waals surface area contributed by atoms with Gasteiger partial charge in [-0.25, -0.2) is 0 Å². The number of hydrogen-bond donors (Lipinski definition) is 3. The van der Waals surface area contributed by atoms with Crippen molar-refractivity contribution in [2.24, 2.45) is 0 Å². The Morgan fingerprint density at radius 2 is 1.48 bits per heavy atom. The van der Waals surface area contributed by atoms with Crippen molar-refractivity contribution in [3.8, 4) is 11.5 Å². The lowest BCUT2D eigenvalue weighted by Crippen LogP contribution is -2.41. The lowest BCUT2D eigenvalue weighted by molar-refractivity contribution is 0.0846. The van der Waals surface area contributed by atoms with Crippen LogP contribution < -0.4 is 25.6 Å². The number of benzene rings is 2. The number of hydrazine groups is 1. The maximum absolute atomic E-state index is 12.3. The van der Waals surface area contributed by atoms with E-state index in [1.165, 1.54) is 11.3 Å². The van der Waals surface area contributed by atoms with E-state index >= 15 is 0 Å². The molecule has 0 aliphatic carbocycles. The summed E-state index contributed by atoms with van der Waals surface area (Å²) in [7, 11) is 0. The molecule has 3 amide bonds. The van der Waals surface area contributed by atoms with E-state index in [0.717, 1.165) is 5.56 Å². The van der Waals surface area contributed by atoms with E-state index in [4.69, 9.17) is 9.47 Å². The molecule has 2 heterocycles. The molecule has 4 rings (SSSR count). The van der Waals surface area contributed by atoms with E-state index < -0.39 is 11.8 Å². The highest BCUT2D eigenvalue weighted by Crippen LogP contribution is 2.30. The predicted molar refractivity (Wildman–Crippen MR) is 114 cm³/mol. The monoisotopic (exact) mass is 437 g/mol. The normalized spacial score (nSPS) is 12.0. The number of nitrogens with one attached hydrogen (secondary N) is 3. The van der Waals surface area contributed by atoms with Gasteiger partial charge in [0.05, 0.1) is 4.88 Å². The molecule has 31 heavy (non-hydrogen) atoms. The SMILES string of the molecule is O=C(NNC(=O)c1ccc2c(c1)OCCO2)c1ccc(CNC(=O)c2cccs2)cc1. The highest BCUT2D eigenvalue weighted by molar-refractivity contribution is 7.12. The molecule has 3 aromatic rings. The molecule has 1 aliphatic heterocycles. The van der Waals surface area contributed by atoms with Gasteiger partial charge in [-0.05, 0) is 47.3 Å². The third-order valence-corrected chi connectivity index (χ3v) is 5.38. The third-order valence-electron chi connectivity index (χ3n) is 4.51. The first-order valence-corrected chi connectivity index (χ1v) is 10.4. The zero-order chi connectivity index (χ0) is 21.6. The Bertz CT molecular complexity index is 1100. The van der Waals surface area contributed by atoms with Crippen LogP contribution >= 0.6 is 11.3 Å². The number of ether oxygens (including phenoxy) is 2. The molecule has 0 atom stereocenters. The molecule has 0 unspecified atom stereocenters. The Hall–Kier alpha value is -3.85. The summed E-state index contributed by atoms with van der Waals surface area (Å²) in [6.07, 6.45) is 0. The van der Waals surface area contributed by atoms with Crippen molar-refractivity contribution in [1.29, 1.82) is 0 Å². The second kappa shape index (κ2) is 9.31. The minimum Gasteiger partial charge on any atom is -0.486 e. The van der Waals surface area contributed by atoms with Gasteiger partial charge in [0.1, 0.15) is 13.2 Å². The van der Waals surface area contributed by atoms with Gasteiger partial charge in [-0.1, -0.05) is 18.2 Å². The van der Waals surface area contributed by atoms with Crippen LogP contribution in [0.4, 0.5) is 0 Å². The molecule has 1 aromatic heterocycles. The Balaban J connectivity index is 1.28. The van der Waals surface area contributed by atoms with Crippen molar-refractivity contribution >= 4 is 29.1 Å². The summed E-state index contributed by atoms with van der Waals surface area (Å²) in [5, 5.41) is 4.67. The smallest absolute Gasteiger partial charge is 0.269 e. The van der Waals surface area contributed by atoms with Crippen LogP contribution in [0, 0.1) is 0 Å². The van der Waals surface area contributed by atoms with Gasteiger partial charge < -0.3 is 14.8 Å². The molecule has 0 radical (unpaired) electrons. The van der Waals surface area contributed by atoms with Crippen LogP contribution in [0.25, 0.3) is 0 Å². The average Bonchev–Trinajstić information content (AvgIpc) is 3.36. The summed E-state index contributed by atoms with van der Waals surface area (Å²) in [6, 6.07) is 15.1. The van der Waals surface area contributed by atoms with Gasteiger partial charge in [0.2, 0.25) is 0 Å². The fourth-order valence-corrected chi connectivity index (χ4v) is 3.53. The Morgan fingerprint density at radius 1 is 0.806 bits per heavy atom. The topological polar surface area (TPSA) is 106 Å². The average molecular weight is 437 g/mol. The van der Waals surface area contributed by atoms with E-state index in [1.807, 2.05) is 11.4 Å². The molecule has 0 saturated heterocycles. The summed E-state index contributed by atoms with van der Waals surface area (Å²) in [6.45, 7) is 1.23. The van der Waals surface area contributed by atoms with E-state index in [-0.39, 0.29) is 5.91 Å². The van der Waals surface area contributed by atoms with Gasteiger partial charge in [0.25, 0.3) is 17.7 Å². The lowest BCUT2D eigenvalue weighted by atomic mass is 10.1. The molecular formula is C22H19N3O5S. The molecule has 3 N–H and O–H groups in total. The number of thiophene rings is 1. The van der Waals surface area contributed by atoms with Gasteiger partial charge in [-0.2, -0.15) is 0 Å². The van der Waals surface area contributed by atoms with Crippen molar-refractivity contribution in [3.05, 3.63) is 81.5 Å². The van der Waals surface area contributed by atoms with Crippen LogP contribution in [0.15, 0.2) is 60.0 Å². The summed E-state index contributed by atoms with van der Waals surface area (Å²) < 4.78 is 10.9. The van der Waals surface area contributed by atoms with Gasteiger partial charge in [-0.15, -0.1) is 11.3 Å². The molecule has 2 aromatic carbocycles. The van der Waals surface area contributed by atoms with Gasteiger partial charge in [0.15, 0.2) is 11.5 Å². The summed E-state index contributed by atoms with van der Waals surface area (Å²) in [5.74, 6) is 0.00228. The third kappa shape index (κ3) is 5.01. The first-order chi connectivity index (χ1) is 15.1. The van der Waals surface area contributed by atoms with Crippen molar-refractivity contribution in [2.45, 2.75) is 6.54 Å². The number of rotatable bonds is 5. The van der Waals surface area contributed by atoms with Crippen LogP contribution in [0.5, 0.6) is 11.5 Å². The zero-order valence-corrected chi connectivity index (χ0v) is 17.2. The minimum absolute atomic E-state index is 0.140. The van der Waals surface area contributed by atoms with E-state index in [1.54, 1.807) is 48.5 Å². The molecule has 0 saturated carbocycles.